The smallest absolute Gasteiger partial charge is 0.244 e. The summed E-state index contributed by atoms with van der Waals surface area (Å²) in [7, 11) is 1.60. The minimum absolute atomic E-state index is 0.0459. The first kappa shape index (κ1) is 19.2. The normalized spacial score (nSPS) is 10.6. The molecule has 0 bridgehead atoms. The number of halogens is 1. The number of fused-ring (bicyclic) bond motifs is 1. The van der Waals surface area contributed by atoms with Crippen LogP contribution in [-0.2, 0) is 9.59 Å². The predicted octanol–water partition coefficient (Wildman–Crippen LogP) is 4.08. The molecule has 0 unspecified atom stereocenters. The number of benzene rings is 2. The summed E-state index contributed by atoms with van der Waals surface area (Å²) in [4.78, 5) is 30.3. The van der Waals surface area contributed by atoms with E-state index < -0.39 is 0 Å². The number of carbonyl (C=O) groups is 2. The van der Waals surface area contributed by atoms with Crippen LogP contribution in [0.3, 0.4) is 0 Å². The number of hydrogen-bond acceptors (Lipinski definition) is 4. The highest BCUT2D eigenvalue weighted by Gasteiger charge is 2.14. The van der Waals surface area contributed by atoms with Crippen molar-refractivity contribution in [3.05, 3.63) is 65.7 Å². The molecule has 5 nitrogen and oxygen atoms in total. The number of aromatic nitrogens is 1. The van der Waals surface area contributed by atoms with E-state index in [0.29, 0.717) is 10.7 Å². The Kier molecular flexibility index (Phi) is 6.32. The maximum Gasteiger partial charge on any atom is 0.244 e. The van der Waals surface area contributed by atoms with Crippen molar-refractivity contribution in [3.8, 4) is 0 Å². The Morgan fingerprint density at radius 3 is 2.63 bits per heavy atom. The monoisotopic (exact) mass is 399 g/mol. The molecule has 3 aromatic rings. The van der Waals surface area contributed by atoms with Crippen LogP contribution in [-0.4, -0.2) is 41.0 Å². The van der Waals surface area contributed by atoms with Gasteiger partial charge < -0.3 is 10.2 Å². The van der Waals surface area contributed by atoms with E-state index in [0.717, 1.165) is 15.9 Å². The number of pyridine rings is 1. The molecule has 3 rings (SSSR count). The molecule has 0 saturated heterocycles. The average Bonchev–Trinajstić information content (AvgIpc) is 2.67. The van der Waals surface area contributed by atoms with E-state index in [-0.39, 0.29) is 24.1 Å². The van der Waals surface area contributed by atoms with Gasteiger partial charge in [-0.25, -0.2) is 4.98 Å². The molecule has 0 aliphatic carbocycles. The first-order valence-electron chi connectivity index (χ1n) is 8.30. The van der Waals surface area contributed by atoms with E-state index in [2.05, 4.69) is 10.3 Å². The minimum Gasteiger partial charge on any atom is -0.336 e. The van der Waals surface area contributed by atoms with E-state index in [1.54, 1.807) is 31.3 Å². The number of para-hydroxylation sites is 2. The third-order valence-corrected chi connectivity index (χ3v) is 5.11. The van der Waals surface area contributed by atoms with Gasteiger partial charge in [0.1, 0.15) is 0 Å². The number of thioether (sulfide) groups is 1. The lowest BCUT2D eigenvalue weighted by atomic mass is 10.2. The Labute approximate surface area is 166 Å². The average molecular weight is 400 g/mol. The number of rotatable bonds is 6. The molecule has 1 N–H and O–H groups in total. The third-order valence-electron chi connectivity index (χ3n) is 3.87. The molecule has 0 aliphatic rings. The highest BCUT2D eigenvalue weighted by atomic mass is 35.5. The van der Waals surface area contributed by atoms with Crippen LogP contribution in [0.25, 0.3) is 10.9 Å². The second-order valence-electron chi connectivity index (χ2n) is 5.91. The summed E-state index contributed by atoms with van der Waals surface area (Å²) in [6.45, 7) is -0.0459. The SMILES string of the molecule is CN(CC(=O)Nc1ccccc1Cl)C(=O)CSc1ccc2ccccc2n1. The Morgan fingerprint density at radius 1 is 1.07 bits per heavy atom. The molecule has 0 fully saturated rings. The molecule has 0 saturated carbocycles. The number of anilines is 1. The largest absolute Gasteiger partial charge is 0.336 e. The number of hydrogen-bond donors (Lipinski definition) is 1. The van der Waals surface area contributed by atoms with Crippen LogP contribution in [0.5, 0.6) is 0 Å². The van der Waals surface area contributed by atoms with E-state index in [1.165, 1.54) is 16.7 Å². The summed E-state index contributed by atoms with van der Waals surface area (Å²) < 4.78 is 0. The molecule has 138 valence electrons. The zero-order chi connectivity index (χ0) is 19.2. The molecule has 1 heterocycles. The molecule has 2 aromatic carbocycles. The zero-order valence-corrected chi connectivity index (χ0v) is 16.3. The van der Waals surface area contributed by atoms with Gasteiger partial charge in [0.25, 0.3) is 0 Å². The standard InChI is InChI=1S/C20H18ClN3O2S/c1-24(12-18(25)22-17-9-5-3-7-15(17)21)20(26)13-27-19-11-10-14-6-2-4-8-16(14)23-19/h2-11H,12-13H2,1H3,(H,22,25). The van der Waals surface area contributed by atoms with Gasteiger partial charge in [0, 0.05) is 12.4 Å². The third kappa shape index (κ3) is 5.21. The fourth-order valence-corrected chi connectivity index (χ4v) is 3.43. The summed E-state index contributed by atoms with van der Waals surface area (Å²) >= 11 is 7.37. The van der Waals surface area contributed by atoms with E-state index in [9.17, 15) is 9.59 Å². The summed E-state index contributed by atoms with van der Waals surface area (Å²) in [5.74, 6) is -0.238. The Bertz CT molecular complexity index is 980. The van der Waals surface area contributed by atoms with E-state index >= 15 is 0 Å². The zero-order valence-electron chi connectivity index (χ0n) is 14.7. The molecule has 0 atom stereocenters. The number of amides is 2. The van der Waals surface area contributed by atoms with Crippen molar-refractivity contribution in [1.82, 2.24) is 9.88 Å². The van der Waals surface area contributed by atoms with Crippen molar-refractivity contribution in [2.75, 3.05) is 24.7 Å². The van der Waals surface area contributed by atoms with Gasteiger partial charge in [-0.15, -0.1) is 0 Å². The van der Waals surface area contributed by atoms with Crippen molar-refractivity contribution in [3.63, 3.8) is 0 Å². The minimum atomic E-state index is -0.298. The highest BCUT2D eigenvalue weighted by Crippen LogP contribution is 2.21. The maximum atomic E-state index is 12.3. The first-order chi connectivity index (χ1) is 13.0. The molecule has 0 aliphatic heterocycles. The predicted molar refractivity (Wildman–Crippen MR) is 110 cm³/mol. The summed E-state index contributed by atoms with van der Waals surface area (Å²) in [6, 6.07) is 18.7. The fraction of sp³-hybridized carbons (Fsp3) is 0.150. The lowest BCUT2D eigenvalue weighted by Crippen LogP contribution is -2.36. The van der Waals surface area contributed by atoms with Gasteiger partial charge in [-0.3, -0.25) is 9.59 Å². The van der Waals surface area contributed by atoms with Crippen molar-refractivity contribution in [2.45, 2.75) is 5.03 Å². The summed E-state index contributed by atoms with van der Waals surface area (Å²) in [5.41, 5.74) is 1.42. The summed E-state index contributed by atoms with van der Waals surface area (Å²) in [5, 5.41) is 4.99. The topological polar surface area (TPSA) is 62.3 Å². The molecule has 2 amide bonds. The lowest BCUT2D eigenvalue weighted by molar-refractivity contribution is -0.131. The van der Waals surface area contributed by atoms with Crippen LogP contribution >= 0.6 is 23.4 Å². The second kappa shape index (κ2) is 8.88. The van der Waals surface area contributed by atoms with Crippen molar-refractivity contribution < 1.29 is 9.59 Å². The summed E-state index contributed by atoms with van der Waals surface area (Å²) in [6.07, 6.45) is 0. The van der Waals surface area contributed by atoms with E-state index in [1.807, 2.05) is 36.4 Å². The lowest BCUT2D eigenvalue weighted by Gasteiger charge is -2.17. The van der Waals surface area contributed by atoms with Crippen LogP contribution in [0, 0.1) is 0 Å². The van der Waals surface area contributed by atoms with Crippen LogP contribution in [0.15, 0.2) is 65.7 Å². The van der Waals surface area contributed by atoms with Crippen molar-refractivity contribution in [2.24, 2.45) is 0 Å². The van der Waals surface area contributed by atoms with Gasteiger partial charge in [-0.1, -0.05) is 59.8 Å². The quantitative estimate of drug-likeness (QED) is 0.634. The number of nitrogens with one attached hydrogen (secondary N) is 1. The molecular weight excluding hydrogens is 382 g/mol. The Balaban J connectivity index is 1.52. The number of likely N-dealkylation sites (N-methyl/N-ethyl adjacent to an activating group) is 1. The Morgan fingerprint density at radius 2 is 1.81 bits per heavy atom. The molecular formula is C20H18ClN3O2S. The molecule has 1 aromatic heterocycles. The van der Waals surface area contributed by atoms with Crippen LogP contribution < -0.4 is 5.32 Å². The molecule has 27 heavy (non-hydrogen) atoms. The van der Waals surface area contributed by atoms with Crippen LogP contribution in [0.4, 0.5) is 5.69 Å². The van der Waals surface area contributed by atoms with E-state index in [4.69, 9.17) is 11.6 Å². The maximum absolute atomic E-state index is 12.3. The molecule has 0 radical (unpaired) electrons. The van der Waals surface area contributed by atoms with Crippen LogP contribution in [0.2, 0.25) is 5.02 Å². The molecule has 7 heteroatoms. The van der Waals surface area contributed by atoms with Crippen LogP contribution in [0.1, 0.15) is 0 Å². The van der Waals surface area contributed by atoms with Gasteiger partial charge in [-0.2, -0.15) is 0 Å². The Hall–Kier alpha value is -2.57. The fourth-order valence-electron chi connectivity index (χ4n) is 2.43. The second-order valence-corrected chi connectivity index (χ2v) is 7.31. The van der Waals surface area contributed by atoms with Crippen molar-refractivity contribution in [1.29, 1.82) is 0 Å². The molecule has 0 spiro atoms. The number of nitrogens with zero attached hydrogens (tertiary/aromatic N) is 2. The highest BCUT2D eigenvalue weighted by molar-refractivity contribution is 7.99. The van der Waals surface area contributed by atoms with Gasteiger partial charge in [0.2, 0.25) is 11.8 Å². The van der Waals surface area contributed by atoms with Gasteiger partial charge >= 0.3 is 0 Å². The van der Waals surface area contributed by atoms with Gasteiger partial charge in [0.05, 0.1) is 33.6 Å². The first-order valence-corrected chi connectivity index (χ1v) is 9.66. The number of carbonyl (C=O) groups excluding carboxylic acids is 2. The van der Waals surface area contributed by atoms with Crippen molar-refractivity contribution >= 4 is 51.8 Å². The van der Waals surface area contributed by atoms with Gasteiger partial charge in [0.15, 0.2) is 0 Å². The van der Waals surface area contributed by atoms with Gasteiger partial charge in [-0.05, 0) is 24.3 Å².